The molecule has 2 rings (SSSR count). The number of hydrogen-bond acceptors (Lipinski definition) is 6. The van der Waals surface area contributed by atoms with Crippen molar-refractivity contribution in [2.75, 3.05) is 6.26 Å². The third-order valence-electron chi connectivity index (χ3n) is 2.39. The van der Waals surface area contributed by atoms with E-state index in [1.165, 1.54) is 0 Å². The summed E-state index contributed by atoms with van der Waals surface area (Å²) in [7, 11) is -3.56. The lowest BCUT2D eigenvalue weighted by Crippen LogP contribution is -2.08. The first-order valence-corrected chi connectivity index (χ1v) is 7.46. The van der Waals surface area contributed by atoms with Gasteiger partial charge in [-0.15, -0.1) is 0 Å². The summed E-state index contributed by atoms with van der Waals surface area (Å²) in [4.78, 5) is 4.14. The van der Waals surface area contributed by atoms with Gasteiger partial charge < -0.3 is 4.52 Å². The van der Waals surface area contributed by atoms with E-state index in [1.54, 1.807) is 6.92 Å². The Morgan fingerprint density at radius 3 is 2.74 bits per heavy atom. The van der Waals surface area contributed by atoms with Gasteiger partial charge in [0.15, 0.2) is 0 Å². The Hall–Kier alpha value is -1.73. The van der Waals surface area contributed by atoms with Crippen molar-refractivity contribution >= 4 is 10.1 Å². The first-order chi connectivity index (χ1) is 8.85. The summed E-state index contributed by atoms with van der Waals surface area (Å²) in [5, 5.41) is 3.73. The van der Waals surface area contributed by atoms with E-state index >= 15 is 0 Å². The van der Waals surface area contributed by atoms with Gasteiger partial charge in [0.2, 0.25) is 5.82 Å². The molecule has 0 bridgehead atoms. The molecule has 0 aliphatic rings. The molecule has 0 fully saturated rings. The zero-order valence-corrected chi connectivity index (χ0v) is 11.6. The van der Waals surface area contributed by atoms with Gasteiger partial charge in [0.1, 0.15) is 6.10 Å². The molecule has 0 radical (unpaired) electrons. The van der Waals surface area contributed by atoms with Crippen molar-refractivity contribution in [2.45, 2.75) is 20.0 Å². The van der Waals surface area contributed by atoms with Crippen LogP contribution < -0.4 is 0 Å². The number of benzene rings is 1. The highest BCUT2D eigenvalue weighted by Gasteiger charge is 2.19. The lowest BCUT2D eigenvalue weighted by atomic mass is 10.1. The second kappa shape index (κ2) is 5.10. The van der Waals surface area contributed by atoms with Crippen molar-refractivity contribution in [3.8, 4) is 11.5 Å². The van der Waals surface area contributed by atoms with E-state index in [1.807, 2.05) is 31.2 Å². The number of rotatable bonds is 4. The van der Waals surface area contributed by atoms with Crippen LogP contribution in [0.25, 0.3) is 11.5 Å². The Morgan fingerprint density at radius 2 is 2.11 bits per heavy atom. The molecule has 1 aromatic heterocycles. The highest BCUT2D eigenvalue weighted by Crippen LogP contribution is 2.22. The van der Waals surface area contributed by atoms with Crippen LogP contribution in [0.15, 0.2) is 28.8 Å². The Bertz CT molecular complexity index is 679. The third-order valence-corrected chi connectivity index (χ3v) is 3.03. The van der Waals surface area contributed by atoms with Crippen LogP contribution in [-0.4, -0.2) is 24.8 Å². The molecule has 0 saturated heterocycles. The quantitative estimate of drug-likeness (QED) is 0.798. The van der Waals surface area contributed by atoms with Gasteiger partial charge in [-0.25, -0.2) is 0 Å². The highest BCUT2D eigenvalue weighted by atomic mass is 32.2. The summed E-state index contributed by atoms with van der Waals surface area (Å²) in [5.74, 6) is 0.532. The van der Waals surface area contributed by atoms with Crippen LogP contribution in [0.5, 0.6) is 0 Å². The van der Waals surface area contributed by atoms with Crippen LogP contribution in [0.1, 0.15) is 24.4 Å². The summed E-state index contributed by atoms with van der Waals surface area (Å²) < 4.78 is 31.9. The SMILES string of the molecule is Cc1cccc(-c2nc(C(C)OS(C)(=O)=O)no2)c1. The molecule has 0 saturated carbocycles. The molecule has 2 aromatic rings. The summed E-state index contributed by atoms with van der Waals surface area (Å²) in [6, 6.07) is 7.58. The lowest BCUT2D eigenvalue weighted by Gasteiger charge is -2.04. The number of aryl methyl sites for hydroxylation is 1. The predicted molar refractivity (Wildman–Crippen MR) is 68.8 cm³/mol. The first kappa shape index (κ1) is 13.7. The highest BCUT2D eigenvalue weighted by molar-refractivity contribution is 7.86. The number of nitrogens with zero attached hydrogens (tertiary/aromatic N) is 2. The minimum atomic E-state index is -3.56. The maximum atomic E-state index is 11.0. The summed E-state index contributed by atoms with van der Waals surface area (Å²) in [6.07, 6.45) is 0.197. The minimum Gasteiger partial charge on any atom is -0.334 e. The van der Waals surface area contributed by atoms with Crippen LogP contribution in [-0.2, 0) is 14.3 Å². The zero-order chi connectivity index (χ0) is 14.0. The van der Waals surface area contributed by atoms with Crippen LogP contribution in [0, 0.1) is 6.92 Å². The maximum Gasteiger partial charge on any atom is 0.265 e. The van der Waals surface area contributed by atoms with Gasteiger partial charge >= 0.3 is 0 Å². The zero-order valence-electron chi connectivity index (χ0n) is 10.8. The molecule has 1 aromatic carbocycles. The van der Waals surface area contributed by atoms with E-state index in [9.17, 15) is 8.42 Å². The molecule has 1 atom stereocenters. The standard InChI is InChI=1S/C12H14N2O4S/c1-8-5-4-6-10(7-8)12-13-11(14-17-12)9(2)18-19(3,15)16/h4-7,9H,1-3H3. The van der Waals surface area contributed by atoms with Crippen LogP contribution in [0.3, 0.4) is 0 Å². The Kier molecular flexibility index (Phi) is 3.68. The monoisotopic (exact) mass is 282 g/mol. The fraction of sp³-hybridized carbons (Fsp3) is 0.333. The van der Waals surface area contributed by atoms with Crippen molar-refractivity contribution in [2.24, 2.45) is 0 Å². The Morgan fingerprint density at radius 1 is 1.37 bits per heavy atom. The van der Waals surface area contributed by atoms with Gasteiger partial charge in [0.25, 0.3) is 16.0 Å². The topological polar surface area (TPSA) is 82.3 Å². The molecule has 0 spiro atoms. The van der Waals surface area contributed by atoms with Gasteiger partial charge in [-0.1, -0.05) is 22.9 Å². The molecule has 1 unspecified atom stereocenters. The molecule has 102 valence electrons. The lowest BCUT2D eigenvalue weighted by molar-refractivity contribution is 0.220. The smallest absolute Gasteiger partial charge is 0.265 e. The molecule has 6 nitrogen and oxygen atoms in total. The summed E-state index contributed by atoms with van der Waals surface area (Å²) >= 11 is 0. The average molecular weight is 282 g/mol. The fourth-order valence-electron chi connectivity index (χ4n) is 1.60. The fourth-order valence-corrected chi connectivity index (χ4v) is 2.21. The van der Waals surface area contributed by atoms with Crippen LogP contribution >= 0.6 is 0 Å². The third kappa shape index (κ3) is 3.62. The van der Waals surface area contributed by atoms with Crippen molar-refractivity contribution in [1.82, 2.24) is 10.1 Å². The minimum absolute atomic E-state index is 0.196. The first-order valence-electron chi connectivity index (χ1n) is 5.64. The van der Waals surface area contributed by atoms with Crippen molar-refractivity contribution < 1.29 is 17.1 Å². The summed E-state index contributed by atoms with van der Waals surface area (Å²) in [5.41, 5.74) is 1.85. The molecule has 0 aliphatic carbocycles. The molecule has 0 aliphatic heterocycles. The molecular weight excluding hydrogens is 268 g/mol. The molecule has 0 N–H and O–H groups in total. The van der Waals surface area contributed by atoms with Crippen molar-refractivity contribution in [3.63, 3.8) is 0 Å². The van der Waals surface area contributed by atoms with E-state index in [4.69, 9.17) is 8.71 Å². The predicted octanol–water partition coefficient (Wildman–Crippen LogP) is 2.08. The summed E-state index contributed by atoms with van der Waals surface area (Å²) in [6.45, 7) is 3.50. The van der Waals surface area contributed by atoms with Gasteiger partial charge in [-0.3, -0.25) is 4.18 Å². The molecule has 7 heteroatoms. The van der Waals surface area contributed by atoms with Gasteiger partial charge in [-0.05, 0) is 26.0 Å². The van der Waals surface area contributed by atoms with E-state index in [0.29, 0.717) is 5.89 Å². The molecule has 1 heterocycles. The van der Waals surface area contributed by atoms with Crippen molar-refractivity contribution in [3.05, 3.63) is 35.7 Å². The van der Waals surface area contributed by atoms with E-state index in [2.05, 4.69) is 10.1 Å². The second-order valence-corrected chi connectivity index (χ2v) is 5.87. The second-order valence-electron chi connectivity index (χ2n) is 4.27. The average Bonchev–Trinajstić information content (AvgIpc) is 2.75. The van der Waals surface area contributed by atoms with Crippen molar-refractivity contribution in [1.29, 1.82) is 0 Å². The van der Waals surface area contributed by atoms with Crippen LogP contribution in [0.4, 0.5) is 0 Å². The Balaban J connectivity index is 2.24. The molecule has 19 heavy (non-hydrogen) atoms. The normalized spacial score (nSPS) is 13.4. The van der Waals surface area contributed by atoms with Crippen LogP contribution in [0.2, 0.25) is 0 Å². The number of hydrogen-bond donors (Lipinski definition) is 0. The largest absolute Gasteiger partial charge is 0.334 e. The van der Waals surface area contributed by atoms with Gasteiger partial charge in [-0.2, -0.15) is 13.4 Å². The number of aromatic nitrogens is 2. The van der Waals surface area contributed by atoms with Gasteiger partial charge in [0.05, 0.1) is 6.26 Å². The Labute approximate surface area is 111 Å². The van der Waals surface area contributed by atoms with E-state index in [0.717, 1.165) is 17.4 Å². The van der Waals surface area contributed by atoms with E-state index < -0.39 is 16.2 Å². The maximum absolute atomic E-state index is 11.0. The van der Waals surface area contributed by atoms with E-state index in [-0.39, 0.29) is 5.82 Å². The van der Waals surface area contributed by atoms with Gasteiger partial charge in [0, 0.05) is 5.56 Å². The molecule has 0 amide bonds. The molecular formula is C12H14N2O4S.